The van der Waals surface area contributed by atoms with Crippen molar-refractivity contribution < 1.29 is 13.9 Å². The van der Waals surface area contributed by atoms with Crippen LogP contribution in [-0.4, -0.2) is 46.8 Å². The highest BCUT2D eigenvalue weighted by atomic mass is 35.5. The van der Waals surface area contributed by atoms with Crippen LogP contribution < -0.4 is 5.56 Å². The van der Waals surface area contributed by atoms with Gasteiger partial charge in [0.25, 0.3) is 11.5 Å². The third kappa shape index (κ3) is 4.62. The van der Waals surface area contributed by atoms with Gasteiger partial charge >= 0.3 is 0 Å². The molecule has 162 valence electrons. The first-order chi connectivity index (χ1) is 15.0. The fourth-order valence-electron chi connectivity index (χ4n) is 4.08. The topological polar surface area (TPSA) is 75.3 Å². The molecule has 1 aromatic heterocycles. The Balaban J connectivity index is 1.60. The summed E-state index contributed by atoms with van der Waals surface area (Å²) in [5.74, 6) is -0.696. The van der Waals surface area contributed by atoms with Gasteiger partial charge in [0.1, 0.15) is 5.82 Å². The largest absolute Gasteiger partial charge is 0.378 e. The van der Waals surface area contributed by atoms with E-state index in [1.807, 2.05) is 6.92 Å². The first-order valence-electron chi connectivity index (χ1n) is 10.3. The van der Waals surface area contributed by atoms with Crippen LogP contribution in [0, 0.1) is 5.82 Å². The van der Waals surface area contributed by atoms with E-state index >= 15 is 0 Å². The van der Waals surface area contributed by atoms with Gasteiger partial charge < -0.3 is 9.64 Å². The number of carbonyl (C=O) groups excluding carboxylic acids is 1. The Hall–Kier alpha value is -2.77. The highest BCUT2D eigenvalue weighted by Crippen LogP contribution is 2.26. The summed E-state index contributed by atoms with van der Waals surface area (Å²) < 4.78 is 20.0. The smallest absolute Gasteiger partial charge is 0.272 e. The van der Waals surface area contributed by atoms with Crippen LogP contribution in [0.2, 0.25) is 5.02 Å². The normalized spacial score (nSPS) is 14.9. The minimum atomic E-state index is -0.495. The molecule has 0 bridgehead atoms. The first-order valence-corrected chi connectivity index (χ1v) is 10.7. The lowest BCUT2D eigenvalue weighted by atomic mass is 10.0. The number of halogens is 2. The molecular formula is C23H23ClFN3O3. The number of aromatic amines is 1. The zero-order valence-corrected chi connectivity index (χ0v) is 17.9. The van der Waals surface area contributed by atoms with Crippen molar-refractivity contribution in [2.24, 2.45) is 0 Å². The zero-order valence-electron chi connectivity index (χ0n) is 17.2. The van der Waals surface area contributed by atoms with Crippen molar-refractivity contribution in [1.82, 2.24) is 15.1 Å². The van der Waals surface area contributed by atoms with Gasteiger partial charge in [0.2, 0.25) is 0 Å². The molecule has 31 heavy (non-hydrogen) atoms. The highest BCUT2D eigenvalue weighted by Gasteiger charge is 2.24. The molecule has 4 rings (SSSR count). The SMILES string of the molecule is CCOC1CCN(C(=O)c2cc(F)cc(Cc3n[nH]c(=O)c4cccc(Cl)c34)c2)CC1. The van der Waals surface area contributed by atoms with E-state index in [1.165, 1.54) is 12.1 Å². The number of hydrogen-bond donors (Lipinski definition) is 1. The van der Waals surface area contributed by atoms with E-state index in [-0.39, 0.29) is 24.0 Å². The number of nitrogens with one attached hydrogen (secondary N) is 1. The van der Waals surface area contributed by atoms with Crippen molar-refractivity contribution in [2.75, 3.05) is 19.7 Å². The van der Waals surface area contributed by atoms with E-state index in [0.29, 0.717) is 52.3 Å². The quantitative estimate of drug-likeness (QED) is 0.648. The standard InChI is InChI=1S/C23H23ClFN3O3/c1-2-31-17-6-8-28(9-7-17)23(30)15-10-14(11-16(25)13-15)12-20-21-18(22(29)27-26-20)4-3-5-19(21)24/h3-5,10-11,13,17H,2,6-9,12H2,1H3,(H,27,29). The average Bonchev–Trinajstić information content (AvgIpc) is 2.76. The number of fused-ring (bicyclic) bond motifs is 1. The van der Waals surface area contributed by atoms with Gasteiger partial charge in [0, 0.05) is 37.1 Å². The van der Waals surface area contributed by atoms with Crippen molar-refractivity contribution in [3.05, 3.63) is 74.4 Å². The number of nitrogens with zero attached hydrogens (tertiary/aromatic N) is 2. The van der Waals surface area contributed by atoms with Crippen molar-refractivity contribution >= 4 is 28.3 Å². The van der Waals surface area contributed by atoms with E-state index in [1.54, 1.807) is 29.2 Å². The monoisotopic (exact) mass is 443 g/mol. The number of benzene rings is 2. The molecule has 0 atom stereocenters. The third-order valence-corrected chi connectivity index (χ3v) is 5.86. The summed E-state index contributed by atoms with van der Waals surface area (Å²) in [5.41, 5.74) is 1.05. The maximum Gasteiger partial charge on any atom is 0.272 e. The van der Waals surface area contributed by atoms with Crippen LogP contribution >= 0.6 is 11.6 Å². The number of ether oxygens (including phenoxy) is 1. The lowest BCUT2D eigenvalue weighted by Gasteiger charge is -2.32. The second-order valence-electron chi connectivity index (χ2n) is 7.63. The number of aromatic nitrogens is 2. The van der Waals surface area contributed by atoms with Crippen LogP contribution in [0.1, 0.15) is 41.4 Å². The van der Waals surface area contributed by atoms with Gasteiger partial charge in [-0.15, -0.1) is 0 Å². The van der Waals surface area contributed by atoms with Crippen molar-refractivity contribution in [2.45, 2.75) is 32.3 Å². The lowest BCUT2D eigenvalue weighted by molar-refractivity contribution is 0.0146. The Bertz CT molecular complexity index is 1170. The molecule has 0 radical (unpaired) electrons. The Morgan fingerprint density at radius 2 is 2.06 bits per heavy atom. The minimum absolute atomic E-state index is 0.168. The number of piperidine rings is 1. The molecule has 2 heterocycles. The van der Waals surface area contributed by atoms with Gasteiger partial charge in [-0.2, -0.15) is 5.10 Å². The molecular weight excluding hydrogens is 421 g/mol. The maximum absolute atomic E-state index is 14.4. The summed E-state index contributed by atoms with van der Waals surface area (Å²) in [6, 6.07) is 9.34. The average molecular weight is 444 g/mol. The summed E-state index contributed by atoms with van der Waals surface area (Å²) in [6.45, 7) is 3.77. The van der Waals surface area contributed by atoms with Crippen molar-refractivity contribution in [3.8, 4) is 0 Å². The molecule has 6 nitrogen and oxygen atoms in total. The zero-order chi connectivity index (χ0) is 22.0. The fourth-order valence-corrected chi connectivity index (χ4v) is 4.37. The van der Waals surface area contributed by atoms with E-state index < -0.39 is 5.82 Å². The second-order valence-corrected chi connectivity index (χ2v) is 8.04. The van der Waals surface area contributed by atoms with Crippen LogP contribution in [0.15, 0.2) is 41.2 Å². The summed E-state index contributed by atoms with van der Waals surface area (Å²) in [7, 11) is 0. The van der Waals surface area contributed by atoms with E-state index in [4.69, 9.17) is 16.3 Å². The first kappa shape index (κ1) is 21.5. The van der Waals surface area contributed by atoms with Gasteiger partial charge in [0.15, 0.2) is 0 Å². The molecule has 1 saturated heterocycles. The molecule has 0 spiro atoms. The summed E-state index contributed by atoms with van der Waals surface area (Å²) in [5, 5.41) is 7.94. The van der Waals surface area contributed by atoms with Crippen LogP contribution in [0.25, 0.3) is 10.8 Å². The van der Waals surface area contributed by atoms with Gasteiger partial charge in [-0.05, 0) is 55.7 Å². The van der Waals surface area contributed by atoms with Crippen molar-refractivity contribution in [3.63, 3.8) is 0 Å². The van der Waals surface area contributed by atoms with Crippen LogP contribution in [-0.2, 0) is 11.2 Å². The van der Waals surface area contributed by atoms with Crippen LogP contribution in [0.5, 0.6) is 0 Å². The second kappa shape index (κ2) is 9.16. The maximum atomic E-state index is 14.4. The number of hydrogen-bond acceptors (Lipinski definition) is 4. The Kier molecular flexibility index (Phi) is 6.34. The highest BCUT2D eigenvalue weighted by molar-refractivity contribution is 6.35. The Morgan fingerprint density at radius 3 is 2.81 bits per heavy atom. The number of amides is 1. The molecule has 1 amide bonds. The van der Waals surface area contributed by atoms with Crippen LogP contribution in [0.4, 0.5) is 4.39 Å². The van der Waals surface area contributed by atoms with E-state index in [2.05, 4.69) is 10.2 Å². The van der Waals surface area contributed by atoms with Crippen LogP contribution in [0.3, 0.4) is 0 Å². The van der Waals surface area contributed by atoms with Crippen molar-refractivity contribution in [1.29, 1.82) is 0 Å². The van der Waals surface area contributed by atoms with Gasteiger partial charge in [0.05, 0.1) is 22.2 Å². The van der Waals surface area contributed by atoms with Gasteiger partial charge in [-0.1, -0.05) is 17.7 Å². The molecule has 3 aromatic rings. The predicted molar refractivity (Wildman–Crippen MR) is 117 cm³/mol. The minimum Gasteiger partial charge on any atom is -0.378 e. The molecule has 1 N–H and O–H groups in total. The molecule has 0 aliphatic carbocycles. The molecule has 0 saturated carbocycles. The third-order valence-electron chi connectivity index (χ3n) is 5.55. The van der Waals surface area contributed by atoms with Gasteiger partial charge in [-0.3, -0.25) is 9.59 Å². The summed E-state index contributed by atoms with van der Waals surface area (Å²) >= 11 is 6.31. The number of rotatable bonds is 5. The van der Waals surface area contributed by atoms with E-state index in [0.717, 1.165) is 12.8 Å². The molecule has 0 unspecified atom stereocenters. The fraction of sp³-hybridized carbons (Fsp3) is 0.348. The summed E-state index contributed by atoms with van der Waals surface area (Å²) in [6.07, 6.45) is 1.93. The molecule has 1 aliphatic rings. The Labute approximate surface area is 184 Å². The lowest BCUT2D eigenvalue weighted by Crippen LogP contribution is -2.41. The molecule has 1 fully saturated rings. The van der Waals surface area contributed by atoms with Gasteiger partial charge in [-0.25, -0.2) is 9.49 Å². The molecule has 8 heteroatoms. The predicted octanol–water partition coefficient (Wildman–Crippen LogP) is 3.95. The Morgan fingerprint density at radius 1 is 1.29 bits per heavy atom. The summed E-state index contributed by atoms with van der Waals surface area (Å²) in [4.78, 5) is 26.8. The number of H-pyrrole nitrogens is 1. The number of likely N-dealkylation sites (tertiary alicyclic amines) is 1. The number of carbonyl (C=O) groups is 1. The molecule has 1 aliphatic heterocycles. The van der Waals surface area contributed by atoms with E-state index in [9.17, 15) is 14.0 Å². The molecule has 2 aromatic carbocycles.